The van der Waals surface area contributed by atoms with Gasteiger partial charge in [-0.2, -0.15) is 9.46 Å². The number of nitrogens with one attached hydrogen (secondary N) is 1. The average Bonchev–Trinajstić information content (AvgIpc) is 2.89. The maximum Gasteiger partial charge on any atom is 0.224 e. The van der Waals surface area contributed by atoms with E-state index in [1.807, 2.05) is 25.1 Å². The van der Waals surface area contributed by atoms with Crippen LogP contribution in [0.15, 0.2) is 67.1 Å². The number of nitrogens with zero attached hydrogens (tertiary/aromatic N) is 2. The second-order valence-corrected chi connectivity index (χ2v) is 11.7. The highest BCUT2D eigenvalue weighted by atomic mass is 32.2. The van der Waals surface area contributed by atoms with E-state index in [1.54, 1.807) is 18.2 Å². The molecule has 1 atom stereocenters. The molecule has 0 saturated carbocycles. The van der Waals surface area contributed by atoms with Crippen LogP contribution in [-0.2, 0) is 44.6 Å². The molecule has 0 radical (unpaired) electrons. The van der Waals surface area contributed by atoms with Crippen molar-refractivity contribution in [2.24, 2.45) is 11.7 Å². The molecule has 3 rings (SSSR count). The van der Waals surface area contributed by atoms with Crippen LogP contribution in [0.25, 0.3) is 0 Å². The number of nitrogens with two attached hydrogens (primary N) is 1. The Morgan fingerprint density at radius 2 is 1.82 bits per heavy atom. The van der Waals surface area contributed by atoms with E-state index < -0.39 is 33.2 Å². The first-order valence-electron chi connectivity index (χ1n) is 12.7. The quantitative estimate of drug-likeness (QED) is 0.224. The Labute approximate surface area is 228 Å². The Balaban J connectivity index is 1.65. The van der Waals surface area contributed by atoms with Crippen LogP contribution in [0.4, 0.5) is 0 Å². The van der Waals surface area contributed by atoms with E-state index in [2.05, 4.69) is 5.32 Å². The molecule has 39 heavy (non-hydrogen) atoms. The molecule has 0 fully saturated rings. The van der Waals surface area contributed by atoms with Crippen molar-refractivity contribution in [3.63, 3.8) is 0 Å². The summed E-state index contributed by atoms with van der Waals surface area (Å²) < 4.78 is 27.1. The summed E-state index contributed by atoms with van der Waals surface area (Å²) in [6.45, 7) is 2.08. The molecule has 0 aliphatic rings. The first-order valence-corrected chi connectivity index (χ1v) is 14.5. The molecule has 10 nitrogen and oxygen atoms in total. The van der Waals surface area contributed by atoms with Gasteiger partial charge in [0.2, 0.25) is 5.91 Å². The van der Waals surface area contributed by atoms with Crippen molar-refractivity contribution in [3.05, 3.63) is 105 Å². The maximum absolute atomic E-state index is 13.1. The van der Waals surface area contributed by atoms with Crippen molar-refractivity contribution in [1.29, 1.82) is 0 Å². The molecule has 3 N–H and O–H groups in total. The van der Waals surface area contributed by atoms with Gasteiger partial charge in [0.1, 0.15) is 0 Å². The molecule has 2 aromatic heterocycles. The number of hydrogen-bond donors (Lipinski definition) is 2. The van der Waals surface area contributed by atoms with E-state index in [0.29, 0.717) is 33.7 Å². The molecule has 0 saturated heterocycles. The highest BCUT2D eigenvalue weighted by Crippen LogP contribution is 2.16. The lowest BCUT2D eigenvalue weighted by Gasteiger charge is -2.17. The molecular formula is C28H34N4O6S. The molecule has 1 amide bonds. The Bertz CT molecular complexity index is 1410. The van der Waals surface area contributed by atoms with Crippen molar-refractivity contribution in [2.75, 3.05) is 12.3 Å². The van der Waals surface area contributed by atoms with Gasteiger partial charge in [0.15, 0.2) is 39.9 Å². The van der Waals surface area contributed by atoms with Gasteiger partial charge >= 0.3 is 0 Å². The highest BCUT2D eigenvalue weighted by molar-refractivity contribution is 7.90. The Hall–Kier alpha value is -3.83. The fraction of sp³-hybridized carbons (Fsp3) is 0.357. The number of benzene rings is 1. The zero-order chi connectivity index (χ0) is 28.4. The Morgan fingerprint density at radius 3 is 2.54 bits per heavy atom. The van der Waals surface area contributed by atoms with E-state index in [1.165, 1.54) is 30.7 Å². The first-order chi connectivity index (χ1) is 18.6. The molecule has 0 bridgehead atoms. The van der Waals surface area contributed by atoms with Crippen LogP contribution in [0.5, 0.6) is 0 Å². The van der Waals surface area contributed by atoms with Gasteiger partial charge in [-0.25, -0.2) is 8.42 Å². The topological polar surface area (TPSA) is 160 Å². The maximum atomic E-state index is 13.1. The van der Waals surface area contributed by atoms with Crippen LogP contribution in [0, 0.1) is 23.3 Å². The number of aromatic nitrogens is 2. The number of aryl methyl sites for hydroxylation is 3. The summed E-state index contributed by atoms with van der Waals surface area (Å²) >= 11 is 0. The van der Waals surface area contributed by atoms with E-state index in [0.717, 1.165) is 16.7 Å². The van der Waals surface area contributed by atoms with Crippen molar-refractivity contribution >= 4 is 21.5 Å². The standard InChI is InChI=1S/C28H34N4O6S/c1-21-7-8-24(16-29)23(15-21)10-12-27(33)17-30-28(34)25(9-11-26-6-2-3-14-32(26)36)20-39(37,38)19-22-5-4-13-31(35)18-22/h2-8,13-15,18,25H,9-12,16-17,19-20,29H2,1H3,(H,30,34). The summed E-state index contributed by atoms with van der Waals surface area (Å²) in [6, 6.07) is 13.7. The fourth-order valence-corrected chi connectivity index (χ4v) is 6.08. The van der Waals surface area contributed by atoms with Crippen LogP contribution in [0.3, 0.4) is 0 Å². The monoisotopic (exact) mass is 554 g/mol. The van der Waals surface area contributed by atoms with Gasteiger partial charge in [-0.05, 0) is 37.0 Å². The average molecular weight is 555 g/mol. The summed E-state index contributed by atoms with van der Waals surface area (Å²) in [7, 11) is -3.80. The number of sulfone groups is 1. The Morgan fingerprint density at radius 1 is 1.03 bits per heavy atom. The summed E-state index contributed by atoms with van der Waals surface area (Å²) in [5.74, 6) is -2.67. The number of ketones is 1. The number of carbonyl (C=O) groups excluding carboxylic acids is 2. The van der Waals surface area contributed by atoms with Crippen LogP contribution in [0.1, 0.15) is 40.8 Å². The molecule has 0 spiro atoms. The van der Waals surface area contributed by atoms with Crippen molar-refractivity contribution in [1.82, 2.24) is 5.32 Å². The minimum Gasteiger partial charge on any atom is -0.619 e. The van der Waals surface area contributed by atoms with Gasteiger partial charge in [0.05, 0.1) is 24.0 Å². The van der Waals surface area contributed by atoms with Gasteiger partial charge < -0.3 is 21.5 Å². The number of pyridine rings is 2. The lowest BCUT2D eigenvalue weighted by Crippen LogP contribution is -2.39. The number of Topliss-reactive ketones (excluding diaryl/α,β-unsaturated/α-hetero) is 1. The second kappa shape index (κ2) is 13.8. The van der Waals surface area contributed by atoms with Crippen LogP contribution >= 0.6 is 0 Å². The normalized spacial score (nSPS) is 12.2. The zero-order valence-electron chi connectivity index (χ0n) is 21.9. The molecule has 0 aliphatic heterocycles. The SMILES string of the molecule is Cc1ccc(CN)c(CCC(=O)CNC(=O)C(CCc2cccc[n+]2[O-])CS(=O)(=O)Cc2ccc[n+]([O-])c2)c1. The molecule has 3 aromatic rings. The van der Waals surface area contributed by atoms with Crippen molar-refractivity contribution < 1.29 is 27.5 Å². The van der Waals surface area contributed by atoms with E-state index in [4.69, 9.17) is 5.73 Å². The third kappa shape index (κ3) is 9.45. The van der Waals surface area contributed by atoms with Gasteiger partial charge in [0.25, 0.3) is 0 Å². The van der Waals surface area contributed by atoms with E-state index >= 15 is 0 Å². The third-order valence-corrected chi connectivity index (χ3v) is 8.10. The third-order valence-electron chi connectivity index (χ3n) is 6.42. The van der Waals surface area contributed by atoms with Crippen LogP contribution in [0.2, 0.25) is 0 Å². The number of carbonyl (C=O) groups is 2. The summed E-state index contributed by atoms with van der Waals surface area (Å²) in [5, 5.41) is 26.2. The lowest BCUT2D eigenvalue weighted by atomic mass is 9.99. The molecule has 1 aromatic carbocycles. The smallest absolute Gasteiger partial charge is 0.224 e. The van der Waals surface area contributed by atoms with Crippen molar-refractivity contribution in [3.8, 4) is 0 Å². The fourth-order valence-electron chi connectivity index (χ4n) is 4.35. The van der Waals surface area contributed by atoms with Crippen molar-refractivity contribution in [2.45, 2.75) is 44.9 Å². The lowest BCUT2D eigenvalue weighted by molar-refractivity contribution is -0.614. The van der Waals surface area contributed by atoms with E-state index in [9.17, 15) is 28.4 Å². The molecule has 11 heteroatoms. The van der Waals surface area contributed by atoms with Gasteiger partial charge in [0, 0.05) is 43.1 Å². The molecule has 0 aliphatic carbocycles. The predicted octanol–water partition coefficient (Wildman–Crippen LogP) is 1.20. The van der Waals surface area contributed by atoms with Gasteiger partial charge in [-0.3, -0.25) is 9.59 Å². The molecule has 1 unspecified atom stereocenters. The number of amides is 1. The first kappa shape index (κ1) is 29.7. The van der Waals surface area contributed by atoms with Crippen LogP contribution in [-0.4, -0.2) is 32.4 Å². The predicted molar refractivity (Wildman–Crippen MR) is 146 cm³/mol. The molecular weight excluding hydrogens is 520 g/mol. The molecule has 208 valence electrons. The zero-order valence-corrected chi connectivity index (χ0v) is 22.7. The van der Waals surface area contributed by atoms with E-state index in [-0.39, 0.29) is 31.6 Å². The van der Waals surface area contributed by atoms with Gasteiger partial charge in [-0.1, -0.05) is 29.8 Å². The number of hydrogen-bond acceptors (Lipinski definition) is 7. The Kier molecular flexibility index (Phi) is 10.5. The summed E-state index contributed by atoms with van der Waals surface area (Å²) in [6.07, 6.45) is 4.69. The second-order valence-electron chi connectivity index (χ2n) is 9.61. The summed E-state index contributed by atoms with van der Waals surface area (Å²) in [5.41, 5.74) is 9.49. The highest BCUT2D eigenvalue weighted by Gasteiger charge is 2.27. The molecule has 2 heterocycles. The number of rotatable bonds is 14. The van der Waals surface area contributed by atoms with Crippen LogP contribution < -0.4 is 20.5 Å². The minimum absolute atomic E-state index is 0.0883. The summed E-state index contributed by atoms with van der Waals surface area (Å²) in [4.78, 5) is 25.6. The van der Waals surface area contributed by atoms with Gasteiger partial charge in [-0.15, -0.1) is 0 Å². The largest absolute Gasteiger partial charge is 0.619 e. The minimum atomic E-state index is -3.80.